The van der Waals surface area contributed by atoms with Crippen LogP contribution in [0.3, 0.4) is 0 Å². The number of ether oxygens (including phenoxy) is 2. The molecule has 1 N–H and O–H groups in total. The summed E-state index contributed by atoms with van der Waals surface area (Å²) in [7, 11) is 0. The molecule has 0 spiro atoms. The Bertz CT molecular complexity index is 346. The number of carbonyl (C=O) groups is 1. The quantitative estimate of drug-likeness (QED) is 0.801. The molecule has 1 rings (SSSR count). The van der Waals surface area contributed by atoms with E-state index in [1.165, 1.54) is 0 Å². The Balaban J connectivity index is 2.65. The van der Waals surface area contributed by atoms with Crippen molar-refractivity contribution in [2.24, 2.45) is 5.92 Å². The van der Waals surface area contributed by atoms with E-state index in [0.29, 0.717) is 12.5 Å². The maximum atomic E-state index is 11.9. The summed E-state index contributed by atoms with van der Waals surface area (Å²) in [6.07, 6.45) is 2.62. The fraction of sp³-hybridized carbons (Fsp3) is 0.812. The molecule has 0 bridgehead atoms. The van der Waals surface area contributed by atoms with Crippen LogP contribution in [0.5, 0.6) is 0 Å². The Morgan fingerprint density at radius 3 is 2.75 bits per heavy atom. The highest BCUT2D eigenvalue weighted by Crippen LogP contribution is 2.26. The molecule has 0 saturated carbocycles. The minimum absolute atomic E-state index is 0.0352. The summed E-state index contributed by atoms with van der Waals surface area (Å²) < 4.78 is 11.2. The predicted molar refractivity (Wildman–Crippen MR) is 80.7 cm³/mol. The van der Waals surface area contributed by atoms with Gasteiger partial charge in [-0.1, -0.05) is 26.8 Å². The van der Waals surface area contributed by atoms with Gasteiger partial charge in [0.15, 0.2) is 0 Å². The van der Waals surface area contributed by atoms with Crippen molar-refractivity contribution in [3.8, 4) is 0 Å². The molecule has 0 aromatic rings. The lowest BCUT2D eigenvalue weighted by Crippen LogP contribution is -2.51. The molecule has 1 aliphatic heterocycles. The topological polar surface area (TPSA) is 47.6 Å². The van der Waals surface area contributed by atoms with Gasteiger partial charge < -0.3 is 14.8 Å². The van der Waals surface area contributed by atoms with Crippen molar-refractivity contribution in [3.05, 3.63) is 12.2 Å². The van der Waals surface area contributed by atoms with E-state index in [0.717, 1.165) is 24.8 Å². The van der Waals surface area contributed by atoms with Gasteiger partial charge >= 0.3 is 6.09 Å². The molecule has 1 aliphatic rings. The van der Waals surface area contributed by atoms with Crippen LogP contribution in [0.25, 0.3) is 0 Å². The standard InChI is InChI=1S/C16H29NO3/c1-7-8-12(3)14-13(9-11(2)10-19-14)17-15(18)20-16(4,5)6/h12-14H,2,7-10H2,1,3-6H3,(H,17,18). The number of rotatable bonds is 4. The fourth-order valence-corrected chi connectivity index (χ4v) is 2.59. The number of hydrogen-bond donors (Lipinski definition) is 1. The minimum atomic E-state index is -0.485. The van der Waals surface area contributed by atoms with Gasteiger partial charge in [-0.3, -0.25) is 0 Å². The van der Waals surface area contributed by atoms with Crippen LogP contribution in [-0.4, -0.2) is 30.4 Å². The number of carbonyl (C=O) groups excluding carboxylic acids is 1. The Morgan fingerprint density at radius 1 is 1.55 bits per heavy atom. The van der Waals surface area contributed by atoms with Crippen molar-refractivity contribution in [1.29, 1.82) is 0 Å². The van der Waals surface area contributed by atoms with E-state index in [4.69, 9.17) is 9.47 Å². The molecular weight excluding hydrogens is 254 g/mol. The highest BCUT2D eigenvalue weighted by Gasteiger charge is 2.33. The second kappa shape index (κ2) is 7.11. The summed E-state index contributed by atoms with van der Waals surface area (Å²) >= 11 is 0. The average Bonchev–Trinajstić information content (AvgIpc) is 2.26. The van der Waals surface area contributed by atoms with Gasteiger partial charge in [0.05, 0.1) is 18.8 Å². The van der Waals surface area contributed by atoms with Gasteiger partial charge in [0.2, 0.25) is 0 Å². The summed E-state index contributed by atoms with van der Waals surface area (Å²) in [6.45, 7) is 14.5. The molecular formula is C16H29NO3. The van der Waals surface area contributed by atoms with E-state index in [-0.39, 0.29) is 18.2 Å². The van der Waals surface area contributed by atoms with E-state index in [1.54, 1.807) is 0 Å². The molecule has 1 fully saturated rings. The second-order valence-corrected chi connectivity index (χ2v) is 6.75. The van der Waals surface area contributed by atoms with Crippen molar-refractivity contribution in [1.82, 2.24) is 5.32 Å². The monoisotopic (exact) mass is 283 g/mol. The predicted octanol–water partition coefficient (Wildman–Crippen LogP) is 3.66. The molecule has 20 heavy (non-hydrogen) atoms. The molecule has 1 saturated heterocycles. The zero-order valence-electron chi connectivity index (χ0n) is 13.5. The van der Waals surface area contributed by atoms with E-state index >= 15 is 0 Å². The van der Waals surface area contributed by atoms with Crippen molar-refractivity contribution < 1.29 is 14.3 Å². The molecule has 3 atom stereocenters. The Kier molecular flexibility index (Phi) is 6.06. The first kappa shape index (κ1) is 17.0. The SMILES string of the molecule is C=C1COC(C(C)CCC)C(NC(=O)OC(C)(C)C)C1. The summed E-state index contributed by atoms with van der Waals surface area (Å²) in [5.74, 6) is 0.410. The summed E-state index contributed by atoms with van der Waals surface area (Å²) in [5.41, 5.74) is 0.534. The lowest BCUT2D eigenvalue weighted by Gasteiger charge is -2.37. The first-order valence-electron chi connectivity index (χ1n) is 7.50. The van der Waals surface area contributed by atoms with Crippen LogP contribution in [0.1, 0.15) is 53.9 Å². The first-order chi connectivity index (χ1) is 9.23. The first-order valence-corrected chi connectivity index (χ1v) is 7.50. The highest BCUT2D eigenvalue weighted by atomic mass is 16.6. The number of nitrogens with one attached hydrogen (secondary N) is 1. The average molecular weight is 283 g/mol. The lowest BCUT2D eigenvalue weighted by atomic mass is 9.88. The second-order valence-electron chi connectivity index (χ2n) is 6.75. The zero-order chi connectivity index (χ0) is 15.3. The van der Waals surface area contributed by atoms with E-state index in [1.807, 2.05) is 20.8 Å². The molecule has 0 aliphatic carbocycles. The summed E-state index contributed by atoms with van der Waals surface area (Å²) in [4.78, 5) is 11.9. The molecule has 0 radical (unpaired) electrons. The maximum absolute atomic E-state index is 11.9. The third-order valence-corrected chi connectivity index (χ3v) is 3.39. The van der Waals surface area contributed by atoms with Gasteiger partial charge in [-0.2, -0.15) is 0 Å². The number of hydrogen-bond acceptors (Lipinski definition) is 3. The van der Waals surface area contributed by atoms with Crippen LogP contribution in [0.4, 0.5) is 4.79 Å². The van der Waals surface area contributed by atoms with Gasteiger partial charge in [0.25, 0.3) is 0 Å². The molecule has 1 amide bonds. The van der Waals surface area contributed by atoms with Crippen LogP contribution in [-0.2, 0) is 9.47 Å². The van der Waals surface area contributed by atoms with Crippen molar-refractivity contribution in [2.75, 3.05) is 6.61 Å². The summed E-state index contributed by atoms with van der Waals surface area (Å²) in [6, 6.07) is -0.0485. The summed E-state index contributed by atoms with van der Waals surface area (Å²) in [5, 5.41) is 2.95. The normalized spacial score (nSPS) is 25.1. The molecule has 116 valence electrons. The Hall–Kier alpha value is -1.03. The third-order valence-electron chi connectivity index (χ3n) is 3.39. The Labute approximate surface area is 122 Å². The van der Waals surface area contributed by atoms with Crippen LogP contribution < -0.4 is 5.32 Å². The van der Waals surface area contributed by atoms with E-state index in [2.05, 4.69) is 25.7 Å². The van der Waals surface area contributed by atoms with Gasteiger partial charge in [-0.05, 0) is 45.1 Å². The van der Waals surface area contributed by atoms with Crippen LogP contribution in [0.15, 0.2) is 12.2 Å². The molecule has 1 heterocycles. The Morgan fingerprint density at radius 2 is 2.20 bits per heavy atom. The van der Waals surface area contributed by atoms with Crippen molar-refractivity contribution in [2.45, 2.75) is 71.6 Å². The van der Waals surface area contributed by atoms with Gasteiger partial charge in [-0.15, -0.1) is 0 Å². The largest absolute Gasteiger partial charge is 0.444 e. The molecule has 0 aromatic carbocycles. The van der Waals surface area contributed by atoms with Gasteiger partial charge in [0.1, 0.15) is 5.60 Å². The minimum Gasteiger partial charge on any atom is -0.444 e. The fourth-order valence-electron chi connectivity index (χ4n) is 2.59. The third kappa shape index (κ3) is 5.53. The zero-order valence-corrected chi connectivity index (χ0v) is 13.5. The lowest BCUT2D eigenvalue weighted by molar-refractivity contribution is -0.0233. The van der Waals surface area contributed by atoms with E-state index < -0.39 is 5.60 Å². The maximum Gasteiger partial charge on any atom is 0.407 e. The molecule has 4 heteroatoms. The van der Waals surface area contributed by atoms with Gasteiger partial charge in [0, 0.05) is 0 Å². The number of amides is 1. The molecule has 3 unspecified atom stereocenters. The number of alkyl carbamates (subject to hydrolysis) is 1. The molecule has 4 nitrogen and oxygen atoms in total. The van der Waals surface area contributed by atoms with Crippen LogP contribution in [0.2, 0.25) is 0 Å². The van der Waals surface area contributed by atoms with Crippen LogP contribution >= 0.6 is 0 Å². The van der Waals surface area contributed by atoms with Crippen molar-refractivity contribution >= 4 is 6.09 Å². The van der Waals surface area contributed by atoms with Crippen LogP contribution in [0, 0.1) is 5.92 Å². The van der Waals surface area contributed by atoms with Crippen molar-refractivity contribution in [3.63, 3.8) is 0 Å². The van der Waals surface area contributed by atoms with Gasteiger partial charge in [-0.25, -0.2) is 4.79 Å². The molecule has 0 aromatic heterocycles. The van der Waals surface area contributed by atoms with E-state index in [9.17, 15) is 4.79 Å². The highest BCUT2D eigenvalue weighted by molar-refractivity contribution is 5.68. The smallest absolute Gasteiger partial charge is 0.407 e.